The molecule has 0 bridgehead atoms. The fraction of sp³-hybridized carbons (Fsp3) is 0.133. The summed E-state index contributed by atoms with van der Waals surface area (Å²) >= 11 is 6.58. The Kier molecular flexibility index (Phi) is 4.60. The number of rotatable bonds is 2. The molecule has 0 aliphatic carbocycles. The normalized spacial score (nSPS) is 10.4. The van der Waals surface area contributed by atoms with Crippen LogP contribution in [0.5, 0.6) is 0 Å². The van der Waals surface area contributed by atoms with Crippen molar-refractivity contribution in [1.29, 1.82) is 0 Å². The molecule has 0 atom stereocenters. The molecular formula is C15H12Br2FNO. The van der Waals surface area contributed by atoms with Gasteiger partial charge in [0.2, 0.25) is 0 Å². The Morgan fingerprint density at radius 2 is 1.80 bits per heavy atom. The first kappa shape index (κ1) is 15.2. The van der Waals surface area contributed by atoms with E-state index in [1.165, 1.54) is 17.0 Å². The van der Waals surface area contributed by atoms with Crippen LogP contribution < -0.4 is 4.90 Å². The van der Waals surface area contributed by atoms with Gasteiger partial charge >= 0.3 is 0 Å². The van der Waals surface area contributed by atoms with Crippen molar-refractivity contribution >= 4 is 43.5 Å². The van der Waals surface area contributed by atoms with Gasteiger partial charge in [0.1, 0.15) is 5.82 Å². The second kappa shape index (κ2) is 6.06. The summed E-state index contributed by atoms with van der Waals surface area (Å²) in [6.07, 6.45) is 0. The highest BCUT2D eigenvalue weighted by Gasteiger charge is 2.16. The summed E-state index contributed by atoms with van der Waals surface area (Å²) in [5.41, 5.74) is 2.06. The van der Waals surface area contributed by atoms with Crippen molar-refractivity contribution in [2.45, 2.75) is 6.92 Å². The molecule has 1 amide bonds. The van der Waals surface area contributed by atoms with Crippen LogP contribution in [0.15, 0.2) is 45.3 Å². The van der Waals surface area contributed by atoms with Crippen LogP contribution in [-0.4, -0.2) is 13.0 Å². The molecule has 0 aromatic heterocycles. The van der Waals surface area contributed by atoms with Crippen LogP contribution >= 0.6 is 31.9 Å². The van der Waals surface area contributed by atoms with Gasteiger partial charge in [-0.15, -0.1) is 0 Å². The number of amides is 1. The predicted molar refractivity (Wildman–Crippen MR) is 85.7 cm³/mol. The second-order valence-corrected chi connectivity index (χ2v) is 6.28. The lowest BCUT2D eigenvalue weighted by Crippen LogP contribution is -2.27. The molecule has 0 spiro atoms. The molecule has 2 nitrogen and oxygen atoms in total. The Balaban J connectivity index is 2.37. The Bertz CT molecular complexity index is 653. The third kappa shape index (κ3) is 3.27. The smallest absolute Gasteiger partial charge is 0.258 e. The third-order valence-corrected chi connectivity index (χ3v) is 3.89. The third-order valence-electron chi connectivity index (χ3n) is 2.93. The van der Waals surface area contributed by atoms with E-state index in [1.807, 2.05) is 25.1 Å². The second-order valence-electron chi connectivity index (χ2n) is 4.45. The van der Waals surface area contributed by atoms with Crippen LogP contribution in [-0.2, 0) is 0 Å². The maximum Gasteiger partial charge on any atom is 0.258 e. The molecule has 0 fully saturated rings. The molecule has 0 aliphatic heterocycles. The number of anilines is 1. The van der Waals surface area contributed by atoms with Crippen molar-refractivity contribution in [1.82, 2.24) is 0 Å². The molecule has 0 aliphatic rings. The lowest BCUT2D eigenvalue weighted by molar-refractivity contribution is 0.0992. The van der Waals surface area contributed by atoms with Crippen LogP contribution in [0, 0.1) is 12.7 Å². The SMILES string of the molecule is Cc1cc(Br)ccc1N(C)C(=O)c1cc(F)cc(Br)c1. The molecule has 0 heterocycles. The molecule has 0 N–H and O–H groups in total. The van der Waals surface area contributed by atoms with Crippen molar-refractivity contribution in [3.05, 3.63) is 62.3 Å². The summed E-state index contributed by atoms with van der Waals surface area (Å²) in [6.45, 7) is 1.92. The van der Waals surface area contributed by atoms with Gasteiger partial charge in [-0.1, -0.05) is 31.9 Å². The molecule has 2 aromatic carbocycles. The number of aryl methyl sites for hydroxylation is 1. The summed E-state index contributed by atoms with van der Waals surface area (Å²) in [4.78, 5) is 13.9. The molecule has 0 saturated carbocycles. The first-order valence-corrected chi connectivity index (χ1v) is 7.47. The van der Waals surface area contributed by atoms with Crippen LogP contribution in [0.1, 0.15) is 15.9 Å². The van der Waals surface area contributed by atoms with Crippen molar-refractivity contribution in [3.8, 4) is 0 Å². The highest BCUT2D eigenvalue weighted by atomic mass is 79.9. The zero-order chi connectivity index (χ0) is 14.9. The summed E-state index contributed by atoms with van der Waals surface area (Å²) in [6, 6.07) is 9.81. The molecule has 5 heteroatoms. The number of hydrogen-bond donors (Lipinski definition) is 0. The number of carbonyl (C=O) groups excluding carboxylic acids is 1. The Morgan fingerprint density at radius 3 is 2.40 bits per heavy atom. The standard InChI is InChI=1S/C15H12Br2FNO/c1-9-5-11(16)3-4-14(9)19(2)15(20)10-6-12(17)8-13(18)7-10/h3-8H,1-2H3. The Morgan fingerprint density at radius 1 is 1.10 bits per heavy atom. The number of carbonyl (C=O) groups is 1. The predicted octanol–water partition coefficient (Wildman–Crippen LogP) is 4.94. The van der Waals surface area contributed by atoms with Crippen molar-refractivity contribution in [2.24, 2.45) is 0 Å². The maximum absolute atomic E-state index is 13.4. The van der Waals surface area contributed by atoms with Crippen molar-refractivity contribution in [3.63, 3.8) is 0 Å². The van der Waals surface area contributed by atoms with Gasteiger partial charge in [-0.3, -0.25) is 4.79 Å². The minimum absolute atomic E-state index is 0.254. The number of nitrogens with zero attached hydrogens (tertiary/aromatic N) is 1. The molecular weight excluding hydrogens is 389 g/mol. The van der Waals surface area contributed by atoms with Crippen LogP contribution in [0.3, 0.4) is 0 Å². The molecule has 20 heavy (non-hydrogen) atoms. The highest BCUT2D eigenvalue weighted by molar-refractivity contribution is 9.10. The van der Waals surface area contributed by atoms with E-state index in [-0.39, 0.29) is 5.91 Å². The minimum atomic E-state index is -0.441. The van der Waals surface area contributed by atoms with Gasteiger partial charge in [-0.05, 0) is 48.9 Å². The van der Waals surface area contributed by atoms with E-state index < -0.39 is 5.82 Å². The highest BCUT2D eigenvalue weighted by Crippen LogP contribution is 2.25. The van der Waals surface area contributed by atoms with Gasteiger partial charge in [0.05, 0.1) is 0 Å². The van der Waals surface area contributed by atoms with Gasteiger partial charge < -0.3 is 4.90 Å². The molecule has 0 saturated heterocycles. The number of hydrogen-bond acceptors (Lipinski definition) is 1. The van der Waals surface area contributed by atoms with E-state index >= 15 is 0 Å². The van der Waals surface area contributed by atoms with Crippen molar-refractivity contribution in [2.75, 3.05) is 11.9 Å². The van der Waals surface area contributed by atoms with Gasteiger partial charge in [0.15, 0.2) is 0 Å². The first-order chi connectivity index (χ1) is 9.38. The van der Waals surface area contributed by atoms with Gasteiger partial charge in [0.25, 0.3) is 5.91 Å². The van der Waals surface area contributed by atoms with E-state index in [1.54, 1.807) is 13.1 Å². The van der Waals surface area contributed by atoms with E-state index in [9.17, 15) is 9.18 Å². The zero-order valence-corrected chi connectivity index (χ0v) is 14.1. The molecule has 2 rings (SSSR count). The fourth-order valence-corrected chi connectivity index (χ4v) is 2.92. The van der Waals surface area contributed by atoms with E-state index in [4.69, 9.17) is 0 Å². The first-order valence-electron chi connectivity index (χ1n) is 5.89. The van der Waals surface area contributed by atoms with E-state index in [0.29, 0.717) is 10.0 Å². The average Bonchev–Trinajstić information content (AvgIpc) is 2.36. The molecule has 0 radical (unpaired) electrons. The van der Waals surface area contributed by atoms with Gasteiger partial charge in [0, 0.05) is 27.2 Å². The molecule has 0 unspecified atom stereocenters. The largest absolute Gasteiger partial charge is 0.311 e. The number of halogens is 3. The summed E-state index contributed by atoms with van der Waals surface area (Å²) in [5, 5.41) is 0. The van der Waals surface area contributed by atoms with E-state index in [2.05, 4.69) is 31.9 Å². The van der Waals surface area contributed by atoms with E-state index in [0.717, 1.165) is 15.7 Å². The van der Waals surface area contributed by atoms with Crippen molar-refractivity contribution < 1.29 is 9.18 Å². The lowest BCUT2D eigenvalue weighted by Gasteiger charge is -2.20. The monoisotopic (exact) mass is 399 g/mol. The van der Waals surface area contributed by atoms with Crippen LogP contribution in [0.2, 0.25) is 0 Å². The fourth-order valence-electron chi connectivity index (χ4n) is 1.98. The average molecular weight is 401 g/mol. The maximum atomic E-state index is 13.4. The molecule has 2 aromatic rings. The lowest BCUT2D eigenvalue weighted by atomic mass is 10.1. The minimum Gasteiger partial charge on any atom is -0.311 e. The Labute approximate surface area is 133 Å². The zero-order valence-electron chi connectivity index (χ0n) is 11.0. The summed E-state index contributed by atoms with van der Waals surface area (Å²) in [7, 11) is 1.68. The summed E-state index contributed by atoms with van der Waals surface area (Å²) < 4.78 is 14.9. The quantitative estimate of drug-likeness (QED) is 0.699. The van der Waals surface area contributed by atoms with Crippen LogP contribution in [0.4, 0.5) is 10.1 Å². The topological polar surface area (TPSA) is 20.3 Å². The number of benzene rings is 2. The van der Waals surface area contributed by atoms with Crippen LogP contribution in [0.25, 0.3) is 0 Å². The molecule has 104 valence electrons. The van der Waals surface area contributed by atoms with Gasteiger partial charge in [-0.25, -0.2) is 4.39 Å². The van der Waals surface area contributed by atoms with Gasteiger partial charge in [-0.2, -0.15) is 0 Å². The Hall–Kier alpha value is -1.20. The summed E-state index contributed by atoms with van der Waals surface area (Å²) in [5.74, 6) is -0.695.